The first-order valence-corrected chi connectivity index (χ1v) is 10.3. The molecule has 0 aliphatic rings. The van der Waals surface area contributed by atoms with Crippen LogP contribution in [0.5, 0.6) is 0 Å². The summed E-state index contributed by atoms with van der Waals surface area (Å²) in [7, 11) is -3.46. The van der Waals surface area contributed by atoms with Crippen molar-refractivity contribution in [3.63, 3.8) is 0 Å². The molecule has 9 heteroatoms. The summed E-state index contributed by atoms with van der Waals surface area (Å²) >= 11 is 1.57. The van der Waals surface area contributed by atoms with E-state index in [-0.39, 0.29) is 16.5 Å². The summed E-state index contributed by atoms with van der Waals surface area (Å²) < 4.78 is 29.9. The van der Waals surface area contributed by atoms with Crippen molar-refractivity contribution in [1.82, 2.24) is 10.2 Å². The van der Waals surface area contributed by atoms with Gasteiger partial charge in [0.15, 0.2) is 9.84 Å². The van der Waals surface area contributed by atoms with Gasteiger partial charge in [-0.25, -0.2) is 8.42 Å². The zero-order chi connectivity index (χ0) is 18.7. The number of sulfone groups is 1. The summed E-state index contributed by atoms with van der Waals surface area (Å²) in [5, 5.41) is 11.6. The van der Waals surface area contributed by atoms with Crippen LogP contribution in [0.4, 0.5) is 6.01 Å². The van der Waals surface area contributed by atoms with Crippen molar-refractivity contribution in [2.45, 2.75) is 30.4 Å². The number of rotatable bonds is 6. The summed E-state index contributed by atoms with van der Waals surface area (Å²) in [6.07, 6.45) is 0.489. The smallest absolute Gasteiger partial charge is 0.322 e. The van der Waals surface area contributed by atoms with E-state index >= 15 is 0 Å². The largest absolute Gasteiger partial charge is 0.407 e. The Morgan fingerprint density at radius 1 is 1.23 bits per heavy atom. The first kappa shape index (κ1) is 18.3. The van der Waals surface area contributed by atoms with Crippen molar-refractivity contribution in [3.05, 3.63) is 58.1 Å². The molecule has 0 atom stereocenters. The lowest BCUT2D eigenvalue weighted by Crippen LogP contribution is -2.16. The van der Waals surface area contributed by atoms with Crippen molar-refractivity contribution >= 4 is 33.1 Å². The van der Waals surface area contributed by atoms with Crippen molar-refractivity contribution in [2.75, 3.05) is 5.32 Å². The average molecular weight is 391 g/mol. The minimum Gasteiger partial charge on any atom is -0.407 e. The minimum absolute atomic E-state index is 0.0290. The highest BCUT2D eigenvalue weighted by Gasteiger charge is 2.21. The van der Waals surface area contributed by atoms with Crippen LogP contribution in [-0.4, -0.2) is 29.8 Å². The third kappa shape index (κ3) is 4.00. The molecular weight excluding hydrogens is 374 g/mol. The first-order chi connectivity index (χ1) is 12.4. The second kappa shape index (κ2) is 7.38. The Hall–Kier alpha value is -2.52. The fraction of sp³-hybridized carbons (Fsp3) is 0.235. The molecule has 0 aliphatic heterocycles. The van der Waals surface area contributed by atoms with E-state index in [9.17, 15) is 13.2 Å². The van der Waals surface area contributed by atoms with Crippen LogP contribution in [0.3, 0.4) is 0 Å². The van der Waals surface area contributed by atoms with Crippen LogP contribution in [0.25, 0.3) is 0 Å². The van der Waals surface area contributed by atoms with Gasteiger partial charge in [-0.3, -0.25) is 10.1 Å². The molecule has 0 saturated heterocycles. The van der Waals surface area contributed by atoms with Gasteiger partial charge in [-0.1, -0.05) is 17.2 Å². The third-order valence-corrected chi connectivity index (χ3v) is 6.67. The van der Waals surface area contributed by atoms with E-state index in [0.717, 1.165) is 4.88 Å². The van der Waals surface area contributed by atoms with E-state index < -0.39 is 21.0 Å². The molecule has 136 valence electrons. The topological polar surface area (TPSA) is 102 Å². The van der Waals surface area contributed by atoms with Gasteiger partial charge in [0.1, 0.15) is 0 Å². The van der Waals surface area contributed by atoms with Crippen LogP contribution in [0.2, 0.25) is 0 Å². The normalized spacial score (nSPS) is 11.7. The van der Waals surface area contributed by atoms with Gasteiger partial charge in [0.05, 0.1) is 16.6 Å². The van der Waals surface area contributed by atoms with Gasteiger partial charge >= 0.3 is 6.01 Å². The quantitative estimate of drug-likeness (QED) is 0.692. The Kier molecular flexibility index (Phi) is 5.19. The molecule has 1 amide bonds. The zero-order valence-electron chi connectivity index (χ0n) is 14.2. The summed E-state index contributed by atoms with van der Waals surface area (Å²) in [5.41, 5.74) is 0.199. The number of carbonyl (C=O) groups is 1. The van der Waals surface area contributed by atoms with E-state index in [1.54, 1.807) is 25.2 Å². The van der Waals surface area contributed by atoms with Crippen LogP contribution in [0, 0.1) is 0 Å². The number of carbonyl (C=O) groups excluding carboxylic acids is 1. The molecule has 7 nitrogen and oxygen atoms in total. The molecule has 3 aromatic rings. The number of hydrogen-bond donors (Lipinski definition) is 1. The predicted molar refractivity (Wildman–Crippen MR) is 98.1 cm³/mol. The molecule has 2 aromatic heterocycles. The van der Waals surface area contributed by atoms with Gasteiger partial charge in [-0.05, 0) is 43.5 Å². The molecule has 1 aromatic carbocycles. The third-order valence-electron chi connectivity index (χ3n) is 3.64. The highest BCUT2D eigenvalue weighted by Crippen LogP contribution is 2.19. The number of hydrogen-bond acceptors (Lipinski definition) is 7. The number of nitrogens with one attached hydrogen (secondary N) is 1. The number of aromatic nitrogens is 2. The summed E-state index contributed by atoms with van der Waals surface area (Å²) in [6.45, 7) is 3.19. The monoisotopic (exact) mass is 391 g/mol. The lowest BCUT2D eigenvalue weighted by atomic mass is 10.2. The van der Waals surface area contributed by atoms with Crippen LogP contribution in [0.1, 0.15) is 35.0 Å². The first-order valence-electron chi connectivity index (χ1n) is 7.86. The number of anilines is 1. The Morgan fingerprint density at radius 3 is 2.73 bits per heavy atom. The fourth-order valence-electron chi connectivity index (χ4n) is 2.19. The van der Waals surface area contributed by atoms with Crippen molar-refractivity contribution in [1.29, 1.82) is 0 Å². The average Bonchev–Trinajstić information content (AvgIpc) is 3.27. The standard InChI is InChI=1S/C17H17N3O4S2/c1-11(2)26(22,23)14-7-3-5-12(9-14)16(21)18-17-20-19-15(24-17)10-13-6-4-8-25-13/h3-9,11H,10H2,1-2H3,(H,18,20,21). The summed E-state index contributed by atoms with van der Waals surface area (Å²) in [5.74, 6) is -0.129. The number of nitrogens with zero attached hydrogens (tertiary/aromatic N) is 2. The molecule has 26 heavy (non-hydrogen) atoms. The van der Waals surface area contributed by atoms with Crippen LogP contribution < -0.4 is 5.32 Å². The van der Waals surface area contributed by atoms with Gasteiger partial charge in [0, 0.05) is 10.4 Å². The van der Waals surface area contributed by atoms with Crippen LogP contribution in [0.15, 0.2) is 51.1 Å². The molecule has 3 rings (SSSR count). The van der Waals surface area contributed by atoms with Gasteiger partial charge in [-0.2, -0.15) is 0 Å². The van der Waals surface area contributed by atoms with E-state index in [1.165, 1.54) is 24.3 Å². The lowest BCUT2D eigenvalue weighted by molar-refractivity contribution is 0.102. The number of benzene rings is 1. The van der Waals surface area contributed by atoms with Gasteiger partial charge in [0.2, 0.25) is 5.89 Å². The van der Waals surface area contributed by atoms with Gasteiger partial charge < -0.3 is 4.42 Å². The van der Waals surface area contributed by atoms with Gasteiger partial charge in [-0.15, -0.1) is 16.4 Å². The van der Waals surface area contributed by atoms with E-state index in [1.807, 2.05) is 17.5 Å². The molecule has 1 N–H and O–H groups in total. The van der Waals surface area contributed by atoms with Crippen molar-refractivity contribution in [2.24, 2.45) is 0 Å². The molecular formula is C17H17N3O4S2. The fourth-order valence-corrected chi connectivity index (χ4v) is 3.99. The van der Waals surface area contributed by atoms with Crippen LogP contribution >= 0.6 is 11.3 Å². The highest BCUT2D eigenvalue weighted by molar-refractivity contribution is 7.92. The molecule has 0 aliphatic carbocycles. The molecule has 0 unspecified atom stereocenters. The van der Waals surface area contributed by atoms with E-state index in [0.29, 0.717) is 12.3 Å². The van der Waals surface area contributed by atoms with E-state index in [4.69, 9.17) is 4.42 Å². The van der Waals surface area contributed by atoms with E-state index in [2.05, 4.69) is 15.5 Å². The Morgan fingerprint density at radius 2 is 2.04 bits per heavy atom. The molecule has 0 spiro atoms. The maximum absolute atomic E-state index is 12.4. The van der Waals surface area contributed by atoms with Gasteiger partial charge in [0.25, 0.3) is 5.91 Å². The summed E-state index contributed by atoms with van der Waals surface area (Å²) in [6, 6.07) is 9.72. The Bertz CT molecular complexity index is 1010. The lowest BCUT2D eigenvalue weighted by Gasteiger charge is -2.09. The minimum atomic E-state index is -3.46. The van der Waals surface area contributed by atoms with Crippen LogP contribution in [-0.2, 0) is 16.3 Å². The second-order valence-corrected chi connectivity index (χ2v) is 9.37. The number of amides is 1. The van der Waals surface area contributed by atoms with Crippen molar-refractivity contribution in [3.8, 4) is 0 Å². The number of thiophene rings is 1. The molecule has 0 radical (unpaired) electrons. The highest BCUT2D eigenvalue weighted by atomic mass is 32.2. The summed E-state index contributed by atoms with van der Waals surface area (Å²) in [4.78, 5) is 13.5. The Labute approximate surface area is 155 Å². The second-order valence-electron chi connectivity index (χ2n) is 5.83. The molecule has 2 heterocycles. The maximum atomic E-state index is 12.4. The SMILES string of the molecule is CC(C)S(=O)(=O)c1cccc(C(=O)Nc2nnc(Cc3cccs3)o2)c1. The van der Waals surface area contributed by atoms with Crippen molar-refractivity contribution < 1.29 is 17.6 Å². The predicted octanol–water partition coefficient (Wildman–Crippen LogP) is 3.16. The molecule has 0 saturated carbocycles. The Balaban J connectivity index is 1.74. The maximum Gasteiger partial charge on any atom is 0.322 e. The molecule has 0 fully saturated rings. The zero-order valence-corrected chi connectivity index (χ0v) is 15.8. The molecule has 0 bridgehead atoms.